The van der Waals surface area contributed by atoms with Crippen molar-refractivity contribution < 1.29 is 23.1 Å². The van der Waals surface area contributed by atoms with E-state index in [0.717, 1.165) is 44.1 Å². The molecule has 0 aromatic heterocycles. The second-order valence-corrected chi connectivity index (χ2v) is 15.2. The van der Waals surface area contributed by atoms with Crippen LogP contribution in [0.1, 0.15) is 114 Å². The van der Waals surface area contributed by atoms with Crippen LogP contribution in [0, 0.1) is 45.8 Å². The fourth-order valence-corrected chi connectivity index (χ4v) is 11.8. The van der Waals surface area contributed by atoms with Crippen LogP contribution in [0.5, 0.6) is 0 Å². The van der Waals surface area contributed by atoms with Crippen molar-refractivity contribution in [1.82, 2.24) is 5.32 Å². The fourth-order valence-electron chi connectivity index (χ4n) is 11.8. The van der Waals surface area contributed by atoms with Gasteiger partial charge in [0.25, 0.3) is 0 Å². The molecule has 3 nitrogen and oxygen atoms in total. The van der Waals surface area contributed by atoms with Crippen molar-refractivity contribution in [1.29, 1.82) is 0 Å². The molecule has 5 aliphatic rings. The fraction of sp³-hybridized carbons (Fsp3) is 0.743. The summed E-state index contributed by atoms with van der Waals surface area (Å²) < 4.78 is 39.0. The lowest BCUT2D eigenvalue weighted by Crippen LogP contribution is -2.67. The van der Waals surface area contributed by atoms with Gasteiger partial charge in [-0.3, -0.25) is 0 Å². The smallest absolute Gasteiger partial charge is 0.390 e. The number of benzene rings is 1. The maximum absolute atomic E-state index is 13.0. The number of fused-ring (bicyclic) bond motifs is 7. The second kappa shape index (κ2) is 9.86. The van der Waals surface area contributed by atoms with Gasteiger partial charge in [-0.25, -0.2) is 4.79 Å². The molecule has 0 heterocycles. The Morgan fingerprint density at radius 1 is 0.927 bits per heavy atom. The molecule has 6 rings (SSSR count). The van der Waals surface area contributed by atoms with Gasteiger partial charge >= 0.3 is 12.1 Å². The number of halogens is 3. The van der Waals surface area contributed by atoms with Crippen molar-refractivity contribution in [3.05, 3.63) is 41.5 Å². The van der Waals surface area contributed by atoms with Gasteiger partial charge in [-0.15, -0.1) is 0 Å². The Bertz CT molecular complexity index is 1210. The molecule has 8 unspecified atom stereocenters. The van der Waals surface area contributed by atoms with Gasteiger partial charge in [0, 0.05) is 12.1 Å². The van der Waals surface area contributed by atoms with Crippen LogP contribution in [0.4, 0.5) is 13.2 Å². The summed E-state index contributed by atoms with van der Waals surface area (Å²) in [5.74, 6) is 1.84. The summed E-state index contributed by atoms with van der Waals surface area (Å²) in [5, 5.41) is 12.9. The van der Waals surface area contributed by atoms with E-state index in [4.69, 9.17) is 0 Å². The van der Waals surface area contributed by atoms with Crippen molar-refractivity contribution in [2.75, 3.05) is 6.54 Å². The Labute approximate surface area is 243 Å². The molecule has 0 amide bonds. The lowest BCUT2D eigenvalue weighted by molar-refractivity contribution is -0.212. The Balaban J connectivity index is 1.25. The van der Waals surface area contributed by atoms with Gasteiger partial charge in [-0.05, 0) is 127 Å². The van der Waals surface area contributed by atoms with Gasteiger partial charge in [0.15, 0.2) is 0 Å². The Morgan fingerprint density at radius 3 is 2.34 bits per heavy atom. The summed E-state index contributed by atoms with van der Waals surface area (Å²) in [6.07, 6.45) is 8.99. The molecule has 9 atom stereocenters. The van der Waals surface area contributed by atoms with E-state index in [-0.39, 0.29) is 28.3 Å². The predicted octanol–water partition coefficient (Wildman–Crippen LogP) is 9.14. The largest absolute Gasteiger partial charge is 0.478 e. The highest BCUT2D eigenvalue weighted by atomic mass is 19.4. The van der Waals surface area contributed by atoms with Crippen molar-refractivity contribution >= 4 is 11.5 Å². The van der Waals surface area contributed by atoms with E-state index in [1.54, 1.807) is 12.1 Å². The molecule has 5 aliphatic carbocycles. The summed E-state index contributed by atoms with van der Waals surface area (Å²) in [7, 11) is 0. The quantitative estimate of drug-likeness (QED) is 0.371. The predicted molar refractivity (Wildman–Crippen MR) is 156 cm³/mol. The van der Waals surface area contributed by atoms with E-state index in [0.29, 0.717) is 35.2 Å². The number of carboxylic acid groups (broad SMARTS) is 1. The molecule has 0 saturated heterocycles. The molecule has 226 valence electrons. The van der Waals surface area contributed by atoms with E-state index in [1.807, 2.05) is 12.1 Å². The van der Waals surface area contributed by atoms with Crippen LogP contribution in [-0.4, -0.2) is 29.3 Å². The molecule has 0 spiro atoms. The van der Waals surface area contributed by atoms with Crippen LogP contribution in [0.2, 0.25) is 0 Å². The number of carboxylic acids is 1. The third-order valence-corrected chi connectivity index (χ3v) is 13.9. The molecule has 41 heavy (non-hydrogen) atoms. The van der Waals surface area contributed by atoms with Crippen LogP contribution in [0.3, 0.4) is 0 Å². The first-order chi connectivity index (χ1) is 19.2. The molecule has 1 aromatic rings. The molecule has 4 fully saturated rings. The van der Waals surface area contributed by atoms with Gasteiger partial charge in [0.2, 0.25) is 0 Å². The van der Waals surface area contributed by atoms with E-state index in [1.165, 1.54) is 31.3 Å². The number of hydrogen-bond acceptors (Lipinski definition) is 2. The van der Waals surface area contributed by atoms with E-state index >= 15 is 0 Å². The molecule has 0 radical (unpaired) electrons. The molecule has 2 N–H and O–H groups in total. The Kier molecular flexibility index (Phi) is 7.03. The van der Waals surface area contributed by atoms with Crippen molar-refractivity contribution in [3.63, 3.8) is 0 Å². The maximum atomic E-state index is 13.0. The summed E-state index contributed by atoms with van der Waals surface area (Å²) in [4.78, 5) is 11.4. The number of carbonyl (C=O) groups is 1. The second-order valence-electron chi connectivity index (χ2n) is 15.2. The molecule has 1 aromatic carbocycles. The molecular weight excluding hydrogens is 523 g/mol. The zero-order valence-electron chi connectivity index (χ0n) is 25.2. The third kappa shape index (κ3) is 4.43. The minimum Gasteiger partial charge on any atom is -0.478 e. The average Bonchev–Trinajstić information content (AvgIpc) is 3.32. The normalized spacial score (nSPS) is 43.8. The first-order valence-corrected chi connectivity index (χ1v) is 16.1. The molecular formula is C35H48F3NO2. The highest BCUT2D eigenvalue weighted by Crippen LogP contribution is 2.75. The number of rotatable bonds is 5. The highest BCUT2D eigenvalue weighted by Gasteiger charge is 2.68. The third-order valence-electron chi connectivity index (χ3n) is 13.9. The number of aromatic carboxylic acids is 1. The average molecular weight is 572 g/mol. The van der Waals surface area contributed by atoms with Crippen LogP contribution in [0.15, 0.2) is 30.3 Å². The summed E-state index contributed by atoms with van der Waals surface area (Å²) >= 11 is 0. The first-order valence-electron chi connectivity index (χ1n) is 16.1. The van der Waals surface area contributed by atoms with Crippen LogP contribution in [0.25, 0.3) is 5.57 Å². The van der Waals surface area contributed by atoms with Crippen LogP contribution in [-0.2, 0) is 0 Å². The Hall–Kier alpha value is -1.82. The SMILES string of the molecule is CC1C(c2ccc(C(=O)O)cc2)=CCC2(C)C1CCC1(C)C2CCC2C3CCCC3(NCCC(F)(F)F)CC[C@]21C. The molecule has 6 heteroatoms. The van der Waals surface area contributed by atoms with Gasteiger partial charge in [0.05, 0.1) is 12.0 Å². The van der Waals surface area contributed by atoms with Crippen LogP contribution >= 0.6 is 0 Å². The first kappa shape index (κ1) is 29.3. The maximum Gasteiger partial charge on any atom is 0.390 e. The molecule has 4 saturated carbocycles. The number of nitrogens with one attached hydrogen (secondary N) is 1. The number of allylic oxidation sites excluding steroid dienone is 2. The van der Waals surface area contributed by atoms with E-state index < -0.39 is 18.6 Å². The van der Waals surface area contributed by atoms with E-state index in [2.05, 4.69) is 39.1 Å². The standard InChI is InChI=1S/C35H48F3NO2/c1-22-25(23-7-9-24(10-8-23)30(40)41)13-16-31(2)26(22)14-17-33(4)29(31)12-11-27-28-6-5-15-34(28,19-18-32(27,33)3)39-21-20-35(36,37)38/h7-10,13,22,26-29,39H,5-6,11-12,14-21H2,1-4H3,(H,40,41)/t22?,26?,27?,28?,29?,31?,32-,33?,34?/m1/s1. The topological polar surface area (TPSA) is 49.3 Å². The minimum absolute atomic E-state index is 0.0503. The summed E-state index contributed by atoms with van der Waals surface area (Å²) in [5.41, 5.74) is 3.41. The monoisotopic (exact) mass is 571 g/mol. The molecule has 0 aliphatic heterocycles. The molecule has 0 bridgehead atoms. The number of alkyl halides is 3. The van der Waals surface area contributed by atoms with Crippen molar-refractivity contribution in [2.45, 2.75) is 110 Å². The summed E-state index contributed by atoms with van der Waals surface area (Å²) in [6, 6.07) is 7.41. The zero-order chi connectivity index (χ0) is 29.4. The number of hydrogen-bond donors (Lipinski definition) is 2. The van der Waals surface area contributed by atoms with Gasteiger partial charge < -0.3 is 10.4 Å². The van der Waals surface area contributed by atoms with E-state index in [9.17, 15) is 23.1 Å². The zero-order valence-corrected chi connectivity index (χ0v) is 25.2. The van der Waals surface area contributed by atoms with Gasteiger partial charge in [-0.2, -0.15) is 13.2 Å². The van der Waals surface area contributed by atoms with Crippen LogP contribution < -0.4 is 5.32 Å². The summed E-state index contributed by atoms with van der Waals surface area (Å²) in [6.45, 7) is 10.2. The lowest BCUT2D eigenvalue weighted by Gasteiger charge is -2.71. The van der Waals surface area contributed by atoms with Crippen molar-refractivity contribution in [3.8, 4) is 0 Å². The van der Waals surface area contributed by atoms with Gasteiger partial charge in [0.1, 0.15) is 0 Å². The lowest BCUT2D eigenvalue weighted by atomic mass is 9.34. The van der Waals surface area contributed by atoms with Crippen molar-refractivity contribution in [2.24, 2.45) is 45.8 Å². The Morgan fingerprint density at radius 2 is 1.66 bits per heavy atom. The van der Waals surface area contributed by atoms with Gasteiger partial charge in [-0.1, -0.05) is 52.3 Å². The minimum atomic E-state index is -4.10. The highest BCUT2D eigenvalue weighted by molar-refractivity contribution is 5.88.